The van der Waals surface area contributed by atoms with E-state index in [1.807, 2.05) is 0 Å². The zero-order chi connectivity index (χ0) is 13.5. The monoisotopic (exact) mass is 252 g/mol. The van der Waals surface area contributed by atoms with Crippen molar-refractivity contribution in [3.63, 3.8) is 0 Å². The highest BCUT2D eigenvalue weighted by atomic mass is 16.3. The van der Waals surface area contributed by atoms with Gasteiger partial charge in [-0.15, -0.1) is 0 Å². The Morgan fingerprint density at radius 1 is 1.28 bits per heavy atom. The number of furan rings is 1. The standard InChI is InChI=1S/C15H28N2O/c1-12(2)6-8-17(5)11-14-7-9-18-15(14)10-16-13(3)4/h7,9,12-13,16H,6,8,10-11H2,1-5H3. The highest BCUT2D eigenvalue weighted by Gasteiger charge is 2.09. The Bertz CT molecular complexity index is 331. The van der Waals surface area contributed by atoms with E-state index in [2.05, 4.69) is 51.0 Å². The van der Waals surface area contributed by atoms with Crippen LogP contribution in [0.5, 0.6) is 0 Å². The summed E-state index contributed by atoms with van der Waals surface area (Å²) in [7, 11) is 2.18. The summed E-state index contributed by atoms with van der Waals surface area (Å²) in [6.07, 6.45) is 3.04. The van der Waals surface area contributed by atoms with Gasteiger partial charge >= 0.3 is 0 Å². The van der Waals surface area contributed by atoms with Crippen molar-refractivity contribution < 1.29 is 4.42 Å². The molecule has 1 aromatic heterocycles. The third kappa shape index (κ3) is 5.69. The van der Waals surface area contributed by atoms with Crippen molar-refractivity contribution >= 4 is 0 Å². The van der Waals surface area contributed by atoms with E-state index < -0.39 is 0 Å². The maximum atomic E-state index is 5.55. The van der Waals surface area contributed by atoms with E-state index in [4.69, 9.17) is 4.42 Å². The molecular formula is C15H28N2O. The Hall–Kier alpha value is -0.800. The van der Waals surface area contributed by atoms with Gasteiger partial charge in [0.25, 0.3) is 0 Å². The van der Waals surface area contributed by atoms with Crippen molar-refractivity contribution in [1.29, 1.82) is 0 Å². The first-order chi connectivity index (χ1) is 8.49. The minimum Gasteiger partial charge on any atom is -0.468 e. The van der Waals surface area contributed by atoms with E-state index in [-0.39, 0.29) is 0 Å². The summed E-state index contributed by atoms with van der Waals surface area (Å²) in [6, 6.07) is 2.57. The molecule has 0 aromatic carbocycles. The number of nitrogens with one attached hydrogen (secondary N) is 1. The number of nitrogens with zero attached hydrogens (tertiary/aromatic N) is 1. The molecule has 0 aliphatic carbocycles. The summed E-state index contributed by atoms with van der Waals surface area (Å²) in [6.45, 7) is 11.8. The quantitative estimate of drug-likeness (QED) is 0.770. The highest BCUT2D eigenvalue weighted by molar-refractivity contribution is 5.16. The molecule has 1 heterocycles. The average molecular weight is 252 g/mol. The molecule has 1 rings (SSSR count). The molecule has 0 radical (unpaired) electrons. The average Bonchev–Trinajstić information content (AvgIpc) is 2.71. The summed E-state index contributed by atoms with van der Waals surface area (Å²) >= 11 is 0. The SMILES string of the molecule is CC(C)CCN(C)Cc1ccoc1CNC(C)C. The van der Waals surface area contributed by atoms with Crippen molar-refractivity contribution in [1.82, 2.24) is 10.2 Å². The van der Waals surface area contributed by atoms with Crippen molar-refractivity contribution in [3.8, 4) is 0 Å². The number of hydrogen-bond acceptors (Lipinski definition) is 3. The fourth-order valence-electron chi connectivity index (χ4n) is 1.81. The largest absolute Gasteiger partial charge is 0.468 e. The molecule has 0 spiro atoms. The molecule has 0 fully saturated rings. The highest BCUT2D eigenvalue weighted by Crippen LogP contribution is 2.13. The normalized spacial score (nSPS) is 12.0. The lowest BCUT2D eigenvalue weighted by Gasteiger charge is -2.18. The summed E-state index contributed by atoms with van der Waals surface area (Å²) < 4.78 is 5.55. The second-order valence-corrected chi connectivity index (χ2v) is 5.82. The number of rotatable bonds is 8. The zero-order valence-corrected chi connectivity index (χ0v) is 12.5. The van der Waals surface area contributed by atoms with Gasteiger partial charge in [-0.05, 0) is 32.0 Å². The van der Waals surface area contributed by atoms with Crippen LogP contribution in [0, 0.1) is 5.92 Å². The summed E-state index contributed by atoms with van der Waals surface area (Å²) in [5.41, 5.74) is 1.30. The molecule has 18 heavy (non-hydrogen) atoms. The van der Waals surface area contributed by atoms with Gasteiger partial charge in [0.15, 0.2) is 0 Å². The maximum absolute atomic E-state index is 5.55. The smallest absolute Gasteiger partial charge is 0.122 e. The van der Waals surface area contributed by atoms with Gasteiger partial charge in [0, 0.05) is 18.2 Å². The van der Waals surface area contributed by atoms with Crippen LogP contribution in [0.15, 0.2) is 16.7 Å². The second-order valence-electron chi connectivity index (χ2n) is 5.82. The first kappa shape index (κ1) is 15.3. The fourth-order valence-corrected chi connectivity index (χ4v) is 1.81. The Morgan fingerprint density at radius 2 is 2.00 bits per heavy atom. The van der Waals surface area contributed by atoms with Crippen LogP contribution in [0.2, 0.25) is 0 Å². The van der Waals surface area contributed by atoms with Gasteiger partial charge in [0.05, 0.1) is 12.8 Å². The molecule has 0 amide bonds. The van der Waals surface area contributed by atoms with Crippen LogP contribution >= 0.6 is 0 Å². The topological polar surface area (TPSA) is 28.4 Å². The van der Waals surface area contributed by atoms with E-state index in [1.165, 1.54) is 12.0 Å². The van der Waals surface area contributed by atoms with E-state index in [0.29, 0.717) is 6.04 Å². The minimum absolute atomic E-state index is 0.488. The van der Waals surface area contributed by atoms with Crippen molar-refractivity contribution in [2.24, 2.45) is 5.92 Å². The van der Waals surface area contributed by atoms with Crippen LogP contribution < -0.4 is 5.32 Å². The Kier molecular flexibility index (Phi) is 6.44. The molecule has 0 aliphatic heterocycles. The second kappa shape index (κ2) is 7.59. The first-order valence-electron chi connectivity index (χ1n) is 6.96. The van der Waals surface area contributed by atoms with Crippen LogP contribution in [0.25, 0.3) is 0 Å². The van der Waals surface area contributed by atoms with E-state index in [0.717, 1.165) is 31.3 Å². The molecule has 104 valence electrons. The minimum atomic E-state index is 0.488. The molecule has 0 saturated carbocycles. The first-order valence-corrected chi connectivity index (χ1v) is 6.96. The summed E-state index contributed by atoms with van der Waals surface area (Å²) in [5.74, 6) is 1.83. The van der Waals surface area contributed by atoms with E-state index >= 15 is 0 Å². The predicted octanol–water partition coefficient (Wildman–Crippen LogP) is 3.26. The molecule has 0 aliphatic rings. The van der Waals surface area contributed by atoms with Crippen LogP contribution in [-0.2, 0) is 13.1 Å². The van der Waals surface area contributed by atoms with Crippen LogP contribution in [0.1, 0.15) is 45.4 Å². The molecule has 0 atom stereocenters. The zero-order valence-electron chi connectivity index (χ0n) is 12.5. The van der Waals surface area contributed by atoms with Crippen molar-refractivity contribution in [2.45, 2.75) is 53.2 Å². The van der Waals surface area contributed by atoms with Crippen LogP contribution in [0.4, 0.5) is 0 Å². The predicted molar refractivity (Wildman–Crippen MR) is 76.5 cm³/mol. The van der Waals surface area contributed by atoms with Crippen molar-refractivity contribution in [2.75, 3.05) is 13.6 Å². The van der Waals surface area contributed by atoms with Crippen molar-refractivity contribution in [3.05, 3.63) is 23.7 Å². The molecule has 3 heteroatoms. The van der Waals surface area contributed by atoms with Gasteiger partial charge in [0.1, 0.15) is 5.76 Å². The van der Waals surface area contributed by atoms with Gasteiger partial charge < -0.3 is 14.6 Å². The lowest BCUT2D eigenvalue weighted by Crippen LogP contribution is -2.24. The molecular weight excluding hydrogens is 224 g/mol. The Balaban J connectivity index is 2.43. The van der Waals surface area contributed by atoms with Crippen LogP contribution in [0.3, 0.4) is 0 Å². The Morgan fingerprint density at radius 3 is 2.61 bits per heavy atom. The molecule has 0 saturated heterocycles. The number of hydrogen-bond donors (Lipinski definition) is 1. The molecule has 1 aromatic rings. The molecule has 0 bridgehead atoms. The van der Waals surface area contributed by atoms with Gasteiger partial charge in [-0.3, -0.25) is 0 Å². The fraction of sp³-hybridized carbons (Fsp3) is 0.733. The van der Waals surface area contributed by atoms with E-state index in [1.54, 1.807) is 6.26 Å². The van der Waals surface area contributed by atoms with Gasteiger partial charge in [0.2, 0.25) is 0 Å². The molecule has 1 N–H and O–H groups in total. The lowest BCUT2D eigenvalue weighted by atomic mass is 10.1. The molecule has 3 nitrogen and oxygen atoms in total. The van der Waals surface area contributed by atoms with Gasteiger partial charge in [-0.1, -0.05) is 27.7 Å². The van der Waals surface area contributed by atoms with Gasteiger partial charge in [-0.25, -0.2) is 0 Å². The van der Waals surface area contributed by atoms with E-state index in [9.17, 15) is 0 Å². The summed E-state index contributed by atoms with van der Waals surface area (Å²) in [4.78, 5) is 2.36. The van der Waals surface area contributed by atoms with Crippen LogP contribution in [-0.4, -0.2) is 24.5 Å². The third-order valence-corrected chi connectivity index (χ3v) is 3.04. The summed E-state index contributed by atoms with van der Waals surface area (Å²) in [5, 5.41) is 3.40. The maximum Gasteiger partial charge on any atom is 0.122 e. The lowest BCUT2D eigenvalue weighted by molar-refractivity contribution is 0.300. The van der Waals surface area contributed by atoms with Gasteiger partial charge in [-0.2, -0.15) is 0 Å². The molecule has 0 unspecified atom stereocenters. The Labute approximate surface area is 112 Å². The third-order valence-electron chi connectivity index (χ3n) is 3.04.